The molecule has 35 heavy (non-hydrogen) atoms. The molecule has 1 fully saturated rings. The maximum absolute atomic E-state index is 14.9. The molecule has 1 amide bonds. The van der Waals surface area contributed by atoms with E-state index in [0.717, 1.165) is 29.0 Å². The molecule has 0 N–H and O–H groups in total. The molecule has 0 saturated carbocycles. The van der Waals surface area contributed by atoms with E-state index in [0.29, 0.717) is 12.8 Å². The number of para-hydroxylation sites is 1. The summed E-state index contributed by atoms with van der Waals surface area (Å²) in [6.07, 6.45) is 1.18. The van der Waals surface area contributed by atoms with Crippen LogP contribution in [0.2, 0.25) is 0 Å². The van der Waals surface area contributed by atoms with Gasteiger partial charge in [0.15, 0.2) is 9.84 Å². The number of amides is 1. The lowest BCUT2D eigenvalue weighted by Crippen LogP contribution is -2.39. The molecule has 8 nitrogen and oxygen atoms in total. The summed E-state index contributed by atoms with van der Waals surface area (Å²) in [7, 11) is -3.87. The Bertz CT molecular complexity index is 1480. The number of carbonyl (C=O) groups is 1. The molecule has 1 aliphatic rings. The Balaban J connectivity index is 2.06. The summed E-state index contributed by atoms with van der Waals surface area (Å²) in [5.41, 5.74) is -2.40. The highest BCUT2D eigenvalue weighted by Crippen LogP contribution is 2.35. The number of benzene rings is 2. The highest BCUT2D eigenvalue weighted by Gasteiger charge is 2.37. The van der Waals surface area contributed by atoms with E-state index < -0.39 is 50.5 Å². The highest BCUT2D eigenvalue weighted by atomic mass is 32.2. The summed E-state index contributed by atoms with van der Waals surface area (Å²) in [4.78, 5) is 32.3. The van der Waals surface area contributed by atoms with Crippen molar-refractivity contribution in [3.05, 3.63) is 64.2 Å². The van der Waals surface area contributed by atoms with Crippen molar-refractivity contribution in [3.8, 4) is 5.69 Å². The van der Waals surface area contributed by atoms with Crippen LogP contribution in [0.5, 0.6) is 0 Å². The van der Waals surface area contributed by atoms with Gasteiger partial charge in [0, 0.05) is 12.8 Å². The Hall–Kier alpha value is -3.34. The van der Waals surface area contributed by atoms with Crippen molar-refractivity contribution >= 4 is 26.8 Å². The first-order chi connectivity index (χ1) is 16.3. The Morgan fingerprint density at radius 2 is 1.74 bits per heavy atom. The summed E-state index contributed by atoms with van der Waals surface area (Å²) in [5, 5.41) is -0.289. The van der Waals surface area contributed by atoms with Crippen molar-refractivity contribution < 1.29 is 26.7 Å². The van der Waals surface area contributed by atoms with Crippen LogP contribution in [0.3, 0.4) is 0 Å². The number of aromatic nitrogens is 2. The Morgan fingerprint density at radius 1 is 1.11 bits per heavy atom. The smallest absolute Gasteiger partial charge is 0.410 e. The minimum absolute atomic E-state index is 0.0389. The third kappa shape index (κ3) is 4.64. The number of sulfone groups is 1. The molecule has 1 saturated heterocycles. The Morgan fingerprint density at radius 3 is 2.34 bits per heavy atom. The van der Waals surface area contributed by atoms with Crippen LogP contribution in [0.25, 0.3) is 16.6 Å². The monoisotopic (exact) mass is 505 g/mol. The summed E-state index contributed by atoms with van der Waals surface area (Å²) in [6, 6.07) is 6.42. The van der Waals surface area contributed by atoms with Gasteiger partial charge in [0.1, 0.15) is 28.7 Å². The maximum Gasteiger partial charge on any atom is 0.410 e. The van der Waals surface area contributed by atoms with Crippen molar-refractivity contribution in [1.82, 2.24) is 14.5 Å². The van der Waals surface area contributed by atoms with Crippen LogP contribution >= 0.6 is 0 Å². The van der Waals surface area contributed by atoms with Crippen LogP contribution in [0.1, 0.15) is 45.5 Å². The van der Waals surface area contributed by atoms with E-state index in [1.807, 2.05) is 0 Å². The van der Waals surface area contributed by atoms with Crippen LogP contribution in [0, 0.1) is 11.6 Å². The summed E-state index contributed by atoms with van der Waals surface area (Å²) >= 11 is 0. The number of halogens is 2. The third-order valence-electron chi connectivity index (χ3n) is 5.62. The quantitative estimate of drug-likeness (QED) is 0.531. The zero-order valence-electron chi connectivity index (χ0n) is 19.7. The maximum atomic E-state index is 14.9. The summed E-state index contributed by atoms with van der Waals surface area (Å²) in [5.74, 6) is -2.15. The molecule has 186 valence electrons. The van der Waals surface area contributed by atoms with E-state index >= 15 is 0 Å². The fourth-order valence-electron chi connectivity index (χ4n) is 4.24. The second kappa shape index (κ2) is 8.71. The molecule has 1 unspecified atom stereocenters. The Kier molecular flexibility index (Phi) is 6.16. The average molecular weight is 506 g/mol. The molecule has 1 aliphatic heterocycles. The number of hydrogen-bond donors (Lipinski definition) is 0. The average Bonchev–Trinajstić information content (AvgIpc) is 3.22. The van der Waals surface area contributed by atoms with Crippen LogP contribution < -0.4 is 5.56 Å². The number of rotatable bonds is 3. The molecule has 11 heteroatoms. The second-order valence-corrected chi connectivity index (χ2v) is 11.4. The van der Waals surface area contributed by atoms with E-state index in [1.54, 1.807) is 20.8 Å². The predicted octanol–water partition coefficient (Wildman–Crippen LogP) is 4.14. The van der Waals surface area contributed by atoms with Gasteiger partial charge in [0.25, 0.3) is 5.56 Å². The molecular formula is C24H25F2N3O5S. The number of carbonyl (C=O) groups excluding carboxylic acids is 1. The van der Waals surface area contributed by atoms with Gasteiger partial charge in [0.05, 0.1) is 21.8 Å². The number of hydrogen-bond acceptors (Lipinski definition) is 6. The third-order valence-corrected chi connectivity index (χ3v) is 6.76. The van der Waals surface area contributed by atoms with Crippen LogP contribution in [-0.4, -0.2) is 47.4 Å². The van der Waals surface area contributed by atoms with E-state index in [2.05, 4.69) is 4.98 Å². The van der Waals surface area contributed by atoms with E-state index in [4.69, 9.17) is 4.74 Å². The molecule has 3 aromatic rings. The largest absolute Gasteiger partial charge is 0.444 e. The molecule has 2 heterocycles. The fourth-order valence-corrected chi connectivity index (χ4v) is 5.13. The second-order valence-electron chi connectivity index (χ2n) is 9.44. The molecule has 0 radical (unpaired) electrons. The summed E-state index contributed by atoms with van der Waals surface area (Å²) in [6.45, 7) is 5.42. The van der Waals surface area contributed by atoms with Crippen molar-refractivity contribution in [3.63, 3.8) is 0 Å². The topological polar surface area (TPSA) is 98.6 Å². The van der Waals surface area contributed by atoms with Gasteiger partial charge >= 0.3 is 6.09 Å². The van der Waals surface area contributed by atoms with Gasteiger partial charge in [-0.25, -0.2) is 27.0 Å². The standard InChI is InChI=1S/C24H25F2N3O5S/c1-24(2,3)34-23(31)28-13-7-11-17(28)21-27-16-10-6-12-18(35(4,32)33)19(16)22(30)29(21)20-14(25)8-5-9-15(20)26/h5-6,8-10,12,17H,7,11,13H2,1-4H3. The molecular weight excluding hydrogens is 480 g/mol. The molecule has 1 atom stereocenters. The number of likely N-dealkylation sites (tertiary alicyclic amines) is 1. The minimum Gasteiger partial charge on any atom is -0.444 e. The van der Waals surface area contributed by atoms with Crippen LogP contribution in [0.15, 0.2) is 46.1 Å². The van der Waals surface area contributed by atoms with Gasteiger partial charge in [-0.1, -0.05) is 12.1 Å². The Labute approximate surface area is 201 Å². The molecule has 1 aromatic heterocycles. The summed E-state index contributed by atoms with van der Waals surface area (Å²) < 4.78 is 60.9. The number of fused-ring (bicyclic) bond motifs is 1. The van der Waals surface area contributed by atoms with Gasteiger partial charge in [0.2, 0.25) is 0 Å². The lowest BCUT2D eigenvalue weighted by Gasteiger charge is -2.29. The molecule has 2 aromatic carbocycles. The zero-order chi connectivity index (χ0) is 25.7. The van der Waals surface area contributed by atoms with Gasteiger partial charge in [-0.05, 0) is 57.9 Å². The SMILES string of the molecule is CC(C)(C)OC(=O)N1CCCC1c1nc2cccc(S(C)(=O)=O)c2c(=O)n1-c1c(F)cccc1F. The number of ether oxygens (including phenoxy) is 1. The lowest BCUT2D eigenvalue weighted by molar-refractivity contribution is 0.0216. The van der Waals surface area contributed by atoms with Gasteiger partial charge in [-0.3, -0.25) is 14.3 Å². The molecule has 0 spiro atoms. The first-order valence-corrected chi connectivity index (χ1v) is 12.9. The predicted molar refractivity (Wildman–Crippen MR) is 125 cm³/mol. The van der Waals surface area contributed by atoms with Gasteiger partial charge < -0.3 is 4.74 Å². The molecule has 0 aliphatic carbocycles. The normalized spacial score (nSPS) is 16.6. The fraction of sp³-hybridized carbons (Fsp3) is 0.375. The number of nitrogens with zero attached hydrogens (tertiary/aromatic N) is 3. The van der Waals surface area contributed by atoms with E-state index in [9.17, 15) is 26.8 Å². The van der Waals surface area contributed by atoms with Gasteiger partial charge in [-0.2, -0.15) is 0 Å². The van der Waals surface area contributed by atoms with Crippen LogP contribution in [-0.2, 0) is 14.6 Å². The van der Waals surface area contributed by atoms with Crippen molar-refractivity contribution in [1.29, 1.82) is 0 Å². The lowest BCUT2D eigenvalue weighted by atomic mass is 10.1. The minimum atomic E-state index is -3.87. The zero-order valence-corrected chi connectivity index (χ0v) is 20.5. The first kappa shape index (κ1) is 24.8. The molecule has 0 bridgehead atoms. The van der Waals surface area contributed by atoms with Gasteiger partial charge in [-0.15, -0.1) is 0 Å². The highest BCUT2D eigenvalue weighted by molar-refractivity contribution is 7.91. The first-order valence-electron chi connectivity index (χ1n) is 11.0. The van der Waals surface area contributed by atoms with Crippen molar-refractivity contribution in [2.45, 2.75) is 50.2 Å². The van der Waals surface area contributed by atoms with Crippen molar-refractivity contribution in [2.24, 2.45) is 0 Å². The van der Waals surface area contributed by atoms with Crippen molar-refractivity contribution in [2.75, 3.05) is 12.8 Å². The van der Waals surface area contributed by atoms with Crippen LogP contribution in [0.4, 0.5) is 13.6 Å². The van der Waals surface area contributed by atoms with E-state index in [1.165, 1.54) is 23.1 Å². The van der Waals surface area contributed by atoms with E-state index in [-0.39, 0.29) is 28.2 Å². The molecule has 4 rings (SSSR count).